The molecule has 5 N–H and O–H groups in total. The maximum absolute atomic E-state index is 9.79. The molecule has 0 aliphatic carbocycles. The van der Waals surface area contributed by atoms with Crippen molar-refractivity contribution < 1.29 is 14.9 Å². The largest absolute Gasteiger partial charge is 0.389 e. The van der Waals surface area contributed by atoms with Gasteiger partial charge in [0.25, 0.3) is 0 Å². The first kappa shape index (κ1) is 11.9. The van der Waals surface area contributed by atoms with Crippen molar-refractivity contribution in [2.75, 3.05) is 13.6 Å². The molecule has 1 aliphatic rings. The van der Waals surface area contributed by atoms with Gasteiger partial charge in [-0.25, -0.2) is 0 Å². The van der Waals surface area contributed by atoms with Gasteiger partial charge in [-0.05, 0) is 13.5 Å². The monoisotopic (exact) mass is 204 g/mol. The standard InChI is InChI=1S/C9H20N2O3/c1-3-5-7(11-2)9(13)8(12)6(4-10)14-5/h5-9,11-13H,3-4,10H2,1-2H3. The number of hydrogen-bond donors (Lipinski definition) is 4. The fraction of sp³-hybridized carbons (Fsp3) is 1.00. The van der Waals surface area contributed by atoms with Crippen molar-refractivity contribution in [2.24, 2.45) is 5.73 Å². The van der Waals surface area contributed by atoms with Crippen molar-refractivity contribution in [3.05, 3.63) is 0 Å². The highest BCUT2D eigenvalue weighted by molar-refractivity contribution is 4.95. The first-order valence-electron chi connectivity index (χ1n) is 5.04. The predicted octanol–water partition coefficient (Wildman–Crippen LogP) is -1.57. The molecule has 1 saturated heterocycles. The molecule has 1 aliphatic heterocycles. The molecule has 5 atom stereocenters. The lowest BCUT2D eigenvalue weighted by Gasteiger charge is -2.42. The van der Waals surface area contributed by atoms with Crippen LogP contribution in [0.25, 0.3) is 0 Å². The second kappa shape index (κ2) is 5.04. The summed E-state index contributed by atoms with van der Waals surface area (Å²) in [6.07, 6.45) is -1.48. The molecular weight excluding hydrogens is 184 g/mol. The fourth-order valence-electron chi connectivity index (χ4n) is 1.94. The number of ether oxygens (including phenoxy) is 1. The Balaban J connectivity index is 2.71. The molecule has 0 spiro atoms. The topological polar surface area (TPSA) is 87.7 Å². The van der Waals surface area contributed by atoms with Crippen LogP contribution in [0.4, 0.5) is 0 Å². The molecule has 1 rings (SSSR count). The highest BCUT2D eigenvalue weighted by atomic mass is 16.5. The predicted molar refractivity (Wildman–Crippen MR) is 52.9 cm³/mol. The van der Waals surface area contributed by atoms with Gasteiger partial charge in [0, 0.05) is 6.54 Å². The summed E-state index contributed by atoms with van der Waals surface area (Å²) in [4.78, 5) is 0. The minimum Gasteiger partial charge on any atom is -0.389 e. The molecule has 5 heteroatoms. The van der Waals surface area contributed by atoms with Crippen molar-refractivity contribution in [1.29, 1.82) is 0 Å². The van der Waals surface area contributed by atoms with Crippen LogP contribution in [-0.4, -0.2) is 54.3 Å². The molecule has 1 heterocycles. The van der Waals surface area contributed by atoms with E-state index < -0.39 is 18.3 Å². The Hall–Kier alpha value is -0.200. The molecule has 14 heavy (non-hydrogen) atoms. The summed E-state index contributed by atoms with van der Waals surface area (Å²) in [6.45, 7) is 2.21. The van der Waals surface area contributed by atoms with Gasteiger partial charge in [-0.1, -0.05) is 6.92 Å². The lowest BCUT2D eigenvalue weighted by molar-refractivity contribution is -0.180. The average molecular weight is 204 g/mol. The van der Waals surface area contributed by atoms with Crippen molar-refractivity contribution in [3.63, 3.8) is 0 Å². The van der Waals surface area contributed by atoms with E-state index in [2.05, 4.69) is 5.32 Å². The van der Waals surface area contributed by atoms with Crippen molar-refractivity contribution in [3.8, 4) is 0 Å². The van der Waals surface area contributed by atoms with Crippen LogP contribution in [0.15, 0.2) is 0 Å². The molecule has 0 amide bonds. The van der Waals surface area contributed by atoms with Gasteiger partial charge in [-0.3, -0.25) is 0 Å². The smallest absolute Gasteiger partial charge is 0.109 e. The van der Waals surface area contributed by atoms with Crippen LogP contribution in [0.1, 0.15) is 13.3 Å². The summed E-state index contributed by atoms with van der Waals surface area (Å²) in [5.74, 6) is 0. The minimum absolute atomic E-state index is 0.0908. The van der Waals surface area contributed by atoms with Gasteiger partial charge in [0.05, 0.1) is 18.2 Å². The van der Waals surface area contributed by atoms with Crippen LogP contribution in [0.2, 0.25) is 0 Å². The summed E-state index contributed by atoms with van der Waals surface area (Å²) in [5, 5.41) is 22.4. The number of aliphatic hydroxyl groups is 2. The van der Waals surface area contributed by atoms with Gasteiger partial charge < -0.3 is 26.0 Å². The van der Waals surface area contributed by atoms with E-state index in [0.717, 1.165) is 6.42 Å². The average Bonchev–Trinajstić information content (AvgIpc) is 2.21. The van der Waals surface area contributed by atoms with Gasteiger partial charge in [-0.15, -0.1) is 0 Å². The quantitative estimate of drug-likeness (QED) is 0.446. The van der Waals surface area contributed by atoms with E-state index in [0.29, 0.717) is 0 Å². The summed E-state index contributed by atoms with van der Waals surface area (Å²) in [5.41, 5.74) is 5.44. The first-order chi connectivity index (χ1) is 6.65. The number of nitrogens with two attached hydrogens (primary N) is 1. The van der Waals surface area contributed by atoms with Crippen LogP contribution >= 0.6 is 0 Å². The molecule has 0 bridgehead atoms. The van der Waals surface area contributed by atoms with Gasteiger partial charge in [0.1, 0.15) is 12.2 Å². The Morgan fingerprint density at radius 3 is 2.36 bits per heavy atom. The molecule has 0 radical (unpaired) electrons. The summed E-state index contributed by atoms with van der Waals surface area (Å²) in [6, 6.07) is -0.224. The number of rotatable bonds is 3. The van der Waals surface area contributed by atoms with Crippen molar-refractivity contribution in [1.82, 2.24) is 5.32 Å². The maximum Gasteiger partial charge on any atom is 0.109 e. The molecule has 0 aromatic rings. The Bertz CT molecular complexity index is 177. The molecular formula is C9H20N2O3. The molecule has 5 nitrogen and oxygen atoms in total. The second-order valence-electron chi connectivity index (χ2n) is 3.65. The van der Waals surface area contributed by atoms with Crippen LogP contribution in [0, 0.1) is 0 Å². The van der Waals surface area contributed by atoms with Crippen molar-refractivity contribution in [2.45, 2.75) is 43.8 Å². The van der Waals surface area contributed by atoms with Crippen LogP contribution < -0.4 is 11.1 Å². The molecule has 0 saturated carbocycles. The van der Waals surface area contributed by atoms with E-state index in [9.17, 15) is 10.2 Å². The van der Waals surface area contributed by atoms with Crippen LogP contribution in [-0.2, 0) is 4.74 Å². The van der Waals surface area contributed by atoms with E-state index >= 15 is 0 Å². The summed E-state index contributed by atoms with van der Waals surface area (Å²) < 4.78 is 5.57. The first-order valence-corrected chi connectivity index (χ1v) is 5.04. The minimum atomic E-state index is -0.903. The maximum atomic E-state index is 9.79. The van der Waals surface area contributed by atoms with E-state index in [4.69, 9.17) is 10.5 Å². The van der Waals surface area contributed by atoms with Gasteiger partial charge in [0.15, 0.2) is 0 Å². The normalized spacial score (nSPS) is 43.9. The number of likely N-dealkylation sites (N-methyl/N-ethyl adjacent to an activating group) is 1. The lowest BCUT2D eigenvalue weighted by Crippen LogP contribution is -2.63. The Morgan fingerprint density at radius 1 is 1.29 bits per heavy atom. The van der Waals surface area contributed by atoms with Gasteiger partial charge in [-0.2, -0.15) is 0 Å². The molecule has 1 fully saturated rings. The van der Waals surface area contributed by atoms with E-state index in [-0.39, 0.29) is 18.7 Å². The Labute approximate surface area is 84.2 Å². The zero-order chi connectivity index (χ0) is 10.7. The highest BCUT2D eigenvalue weighted by Crippen LogP contribution is 2.22. The van der Waals surface area contributed by atoms with Gasteiger partial charge in [0.2, 0.25) is 0 Å². The Kier molecular flexibility index (Phi) is 4.28. The second-order valence-corrected chi connectivity index (χ2v) is 3.65. The number of hydrogen-bond acceptors (Lipinski definition) is 5. The molecule has 0 aromatic carbocycles. The van der Waals surface area contributed by atoms with Crippen LogP contribution in [0.3, 0.4) is 0 Å². The third kappa shape index (κ3) is 2.07. The SMILES string of the molecule is CCC1OC(CN)C(O)C(O)C1NC. The fourth-order valence-corrected chi connectivity index (χ4v) is 1.94. The van der Waals surface area contributed by atoms with E-state index in [1.54, 1.807) is 7.05 Å². The Morgan fingerprint density at radius 2 is 1.93 bits per heavy atom. The van der Waals surface area contributed by atoms with E-state index in [1.807, 2.05) is 6.92 Å². The summed E-state index contributed by atoms with van der Waals surface area (Å²) in [7, 11) is 1.75. The highest BCUT2D eigenvalue weighted by Gasteiger charge is 2.42. The zero-order valence-corrected chi connectivity index (χ0v) is 8.68. The number of nitrogens with one attached hydrogen (secondary N) is 1. The van der Waals surface area contributed by atoms with Crippen LogP contribution in [0.5, 0.6) is 0 Å². The van der Waals surface area contributed by atoms with Crippen molar-refractivity contribution >= 4 is 0 Å². The lowest BCUT2D eigenvalue weighted by atomic mass is 9.91. The third-order valence-electron chi connectivity index (χ3n) is 2.82. The third-order valence-corrected chi connectivity index (χ3v) is 2.82. The zero-order valence-electron chi connectivity index (χ0n) is 8.68. The van der Waals surface area contributed by atoms with E-state index in [1.165, 1.54) is 0 Å². The molecule has 84 valence electrons. The van der Waals surface area contributed by atoms with Gasteiger partial charge >= 0.3 is 0 Å². The summed E-state index contributed by atoms with van der Waals surface area (Å²) >= 11 is 0. The molecule has 5 unspecified atom stereocenters. The molecule has 0 aromatic heterocycles. The number of aliphatic hydroxyl groups excluding tert-OH is 2.